The SMILES string of the molecule is COC(=O)c1nc(F)c(Cl)c(Cl)c1C(=O)OC. The number of carbonyl (C=O) groups excluding carboxylic acids is 2. The second kappa shape index (κ2) is 5.29. The summed E-state index contributed by atoms with van der Waals surface area (Å²) >= 11 is 11.1. The molecule has 0 radical (unpaired) electrons. The smallest absolute Gasteiger partial charge is 0.357 e. The highest BCUT2D eigenvalue weighted by molar-refractivity contribution is 6.44. The van der Waals surface area contributed by atoms with Crippen LogP contribution in [0.25, 0.3) is 0 Å². The first-order valence-electron chi connectivity index (χ1n) is 4.15. The maximum absolute atomic E-state index is 13.2. The normalized spacial score (nSPS) is 9.94. The van der Waals surface area contributed by atoms with E-state index < -0.39 is 39.2 Å². The Hall–Kier alpha value is -1.40. The quantitative estimate of drug-likeness (QED) is 0.614. The van der Waals surface area contributed by atoms with Crippen molar-refractivity contribution in [3.63, 3.8) is 0 Å². The van der Waals surface area contributed by atoms with Gasteiger partial charge in [0.25, 0.3) is 0 Å². The zero-order valence-electron chi connectivity index (χ0n) is 8.71. The van der Waals surface area contributed by atoms with Gasteiger partial charge in [0.05, 0.1) is 19.2 Å². The molecule has 0 N–H and O–H groups in total. The summed E-state index contributed by atoms with van der Waals surface area (Å²) < 4.78 is 21.9. The van der Waals surface area contributed by atoms with Crippen molar-refractivity contribution < 1.29 is 23.5 Å². The average Bonchev–Trinajstić information content (AvgIpc) is 2.33. The van der Waals surface area contributed by atoms with E-state index in [9.17, 15) is 14.0 Å². The second-order valence-corrected chi connectivity index (χ2v) is 3.49. The molecule has 8 heteroatoms. The monoisotopic (exact) mass is 281 g/mol. The number of carbonyl (C=O) groups is 2. The molecule has 17 heavy (non-hydrogen) atoms. The fraction of sp³-hybridized carbons (Fsp3) is 0.222. The molecule has 0 bridgehead atoms. The first kappa shape index (κ1) is 13.7. The van der Waals surface area contributed by atoms with E-state index in [1.54, 1.807) is 0 Å². The van der Waals surface area contributed by atoms with Gasteiger partial charge in [-0.3, -0.25) is 0 Å². The molecule has 1 rings (SSSR count). The highest BCUT2D eigenvalue weighted by Gasteiger charge is 2.27. The Labute approximate surface area is 105 Å². The first-order valence-corrected chi connectivity index (χ1v) is 4.90. The number of ether oxygens (including phenoxy) is 2. The molecule has 0 saturated heterocycles. The van der Waals surface area contributed by atoms with E-state index >= 15 is 0 Å². The minimum atomic E-state index is -1.18. The van der Waals surface area contributed by atoms with Gasteiger partial charge in [-0.15, -0.1) is 0 Å². The molecule has 5 nitrogen and oxygen atoms in total. The van der Waals surface area contributed by atoms with Gasteiger partial charge in [-0.1, -0.05) is 23.2 Å². The maximum atomic E-state index is 13.2. The lowest BCUT2D eigenvalue weighted by Gasteiger charge is -2.08. The van der Waals surface area contributed by atoms with Crippen molar-refractivity contribution in [2.24, 2.45) is 0 Å². The molecule has 0 saturated carbocycles. The fourth-order valence-electron chi connectivity index (χ4n) is 1.04. The molecule has 0 atom stereocenters. The summed E-state index contributed by atoms with van der Waals surface area (Å²) in [7, 11) is 2.11. The van der Waals surface area contributed by atoms with Gasteiger partial charge in [0.2, 0.25) is 5.95 Å². The van der Waals surface area contributed by atoms with Crippen LogP contribution in [0.4, 0.5) is 4.39 Å². The lowest BCUT2D eigenvalue weighted by Crippen LogP contribution is -2.16. The molecule has 0 fully saturated rings. The van der Waals surface area contributed by atoms with Crippen LogP contribution >= 0.6 is 23.2 Å². The van der Waals surface area contributed by atoms with Crippen LogP contribution in [0, 0.1) is 5.95 Å². The molecule has 0 aliphatic heterocycles. The molecule has 92 valence electrons. The van der Waals surface area contributed by atoms with Crippen LogP contribution in [0.5, 0.6) is 0 Å². The Bertz CT molecular complexity index is 492. The van der Waals surface area contributed by atoms with Crippen molar-refractivity contribution in [2.75, 3.05) is 14.2 Å². The van der Waals surface area contributed by atoms with E-state index in [1.165, 1.54) is 0 Å². The third kappa shape index (κ3) is 2.48. The van der Waals surface area contributed by atoms with E-state index in [4.69, 9.17) is 23.2 Å². The molecule has 1 aromatic rings. The molecule has 0 aromatic carbocycles. The summed E-state index contributed by atoms with van der Waals surface area (Å²) in [5.41, 5.74) is -1.03. The summed E-state index contributed by atoms with van der Waals surface area (Å²) in [5, 5.41) is -1.02. The summed E-state index contributed by atoms with van der Waals surface area (Å²) in [4.78, 5) is 25.9. The third-order valence-electron chi connectivity index (χ3n) is 1.81. The molecule has 0 aliphatic carbocycles. The average molecular weight is 282 g/mol. The number of hydrogen-bond donors (Lipinski definition) is 0. The predicted octanol–water partition coefficient (Wildman–Crippen LogP) is 2.10. The molecular formula is C9H6Cl2FNO4. The predicted molar refractivity (Wildman–Crippen MR) is 56.9 cm³/mol. The van der Waals surface area contributed by atoms with Gasteiger partial charge in [0, 0.05) is 0 Å². The Morgan fingerprint density at radius 3 is 2.12 bits per heavy atom. The highest BCUT2D eigenvalue weighted by atomic mass is 35.5. The van der Waals surface area contributed by atoms with Crippen LogP contribution in [0.15, 0.2) is 0 Å². The molecule has 0 unspecified atom stereocenters. The van der Waals surface area contributed by atoms with E-state index in [0.29, 0.717) is 0 Å². The van der Waals surface area contributed by atoms with E-state index in [2.05, 4.69) is 14.5 Å². The summed E-state index contributed by atoms with van der Waals surface area (Å²) in [6, 6.07) is 0. The lowest BCUT2D eigenvalue weighted by atomic mass is 10.2. The van der Waals surface area contributed by atoms with E-state index in [-0.39, 0.29) is 0 Å². The van der Waals surface area contributed by atoms with Crippen LogP contribution in [-0.2, 0) is 9.47 Å². The first-order chi connectivity index (χ1) is 7.93. The number of pyridine rings is 1. The van der Waals surface area contributed by atoms with Crippen molar-refractivity contribution in [2.45, 2.75) is 0 Å². The van der Waals surface area contributed by atoms with Crippen LogP contribution in [-0.4, -0.2) is 31.1 Å². The van der Waals surface area contributed by atoms with Crippen LogP contribution in [0.1, 0.15) is 20.8 Å². The van der Waals surface area contributed by atoms with Gasteiger partial charge in [-0.2, -0.15) is 4.39 Å². The Kier molecular flexibility index (Phi) is 4.25. The van der Waals surface area contributed by atoms with Crippen molar-refractivity contribution in [1.82, 2.24) is 4.98 Å². The van der Waals surface area contributed by atoms with Gasteiger partial charge in [0.15, 0.2) is 5.69 Å². The van der Waals surface area contributed by atoms with Gasteiger partial charge in [-0.05, 0) is 0 Å². The Morgan fingerprint density at radius 1 is 1.12 bits per heavy atom. The van der Waals surface area contributed by atoms with Crippen LogP contribution in [0.3, 0.4) is 0 Å². The topological polar surface area (TPSA) is 65.5 Å². The van der Waals surface area contributed by atoms with Crippen molar-refractivity contribution in [3.8, 4) is 0 Å². The minimum absolute atomic E-state index is 0.438. The summed E-state index contributed by atoms with van der Waals surface area (Å²) in [6.07, 6.45) is 0. The van der Waals surface area contributed by atoms with Crippen LogP contribution < -0.4 is 0 Å². The molecule has 1 aromatic heterocycles. The lowest BCUT2D eigenvalue weighted by molar-refractivity contribution is 0.0548. The van der Waals surface area contributed by atoms with Gasteiger partial charge < -0.3 is 9.47 Å². The number of nitrogens with zero attached hydrogens (tertiary/aromatic N) is 1. The zero-order valence-corrected chi connectivity index (χ0v) is 10.2. The summed E-state index contributed by atoms with van der Waals surface area (Å²) in [5.74, 6) is -3.17. The Morgan fingerprint density at radius 2 is 1.65 bits per heavy atom. The highest BCUT2D eigenvalue weighted by Crippen LogP contribution is 2.30. The van der Waals surface area contributed by atoms with Crippen molar-refractivity contribution in [1.29, 1.82) is 0 Å². The third-order valence-corrected chi connectivity index (χ3v) is 2.63. The van der Waals surface area contributed by atoms with Crippen LogP contribution in [0.2, 0.25) is 10.0 Å². The van der Waals surface area contributed by atoms with Gasteiger partial charge >= 0.3 is 11.9 Å². The summed E-state index contributed by atoms with van der Waals surface area (Å²) in [6.45, 7) is 0. The van der Waals surface area contributed by atoms with Gasteiger partial charge in [0.1, 0.15) is 10.6 Å². The van der Waals surface area contributed by atoms with Crippen molar-refractivity contribution in [3.05, 3.63) is 27.3 Å². The number of aromatic nitrogens is 1. The van der Waals surface area contributed by atoms with E-state index in [0.717, 1.165) is 14.2 Å². The molecular weight excluding hydrogens is 276 g/mol. The number of halogens is 3. The zero-order chi connectivity index (χ0) is 13.2. The van der Waals surface area contributed by atoms with Gasteiger partial charge in [-0.25, -0.2) is 14.6 Å². The molecule has 0 aliphatic rings. The fourth-order valence-corrected chi connectivity index (χ4v) is 1.42. The molecule has 0 spiro atoms. The standard InChI is InChI=1S/C9H6Cl2FNO4/c1-16-8(14)3-4(10)5(11)7(12)13-6(3)9(15)17-2/h1-2H3. The maximum Gasteiger partial charge on any atom is 0.357 e. The molecule has 0 amide bonds. The van der Waals surface area contributed by atoms with E-state index in [1.807, 2.05) is 0 Å². The minimum Gasteiger partial charge on any atom is -0.465 e. The second-order valence-electron chi connectivity index (χ2n) is 2.74. The number of methoxy groups -OCH3 is 2. The number of hydrogen-bond acceptors (Lipinski definition) is 5. The molecule has 1 heterocycles. The van der Waals surface area contributed by atoms with Crippen molar-refractivity contribution >= 4 is 35.1 Å². The Balaban J connectivity index is 3.57. The number of esters is 2. The largest absolute Gasteiger partial charge is 0.465 e. The number of rotatable bonds is 2.